The number of H-pyrrole nitrogens is 1. The Kier molecular flexibility index (Phi) is 33.7. The van der Waals surface area contributed by atoms with E-state index in [1.54, 1.807) is 61.1 Å². The number of aromatic amines is 1. The molecule has 1 aliphatic carbocycles. The molecule has 0 spiro atoms. The van der Waals surface area contributed by atoms with E-state index >= 15 is 0 Å². The first-order valence-corrected chi connectivity index (χ1v) is 46.1. The molecule has 2 aliphatic heterocycles. The molecule has 0 unspecified atom stereocenters. The third-order valence-electron chi connectivity index (χ3n) is 23.8. The maximum Gasteiger partial charge on any atom is 2.00 e. The Hall–Kier alpha value is -12.4. The number of nitrogens with one attached hydrogen (secondary N) is 1. The fraction of sp³-hybridized carbons (Fsp3) is 0.211. The third kappa shape index (κ3) is 21.4. The Morgan fingerprint density at radius 1 is 0.326 bits per heavy atom. The standard InChI is InChI=1S/2C27H37N2.C20H13N3.C20H12N3.C14H8O2.C6H5NO.ClH.3Cu/c2*1-18(2)22-11-9-12-23(19(3)4)26(22)28-15-16-29(17-28)27-24(20(5)6)13-10-14-25(27)21(7)8;2*1-3-9-15-13(7-1)14-8-2-4-10-16(14)19-18(15)22-20(23-19)17-11-5-6-12-21-17;15-13-11-7-3-1-5-9(11)10-6-2-4-8-12(10)14(13)16;8-5-6-3-1-2-4-7-6;;;;/h2*9-21H,1-8H3;1-12H,(H,22,23);1-12H;1-8H;1-5H;1H;;;/q2*-1;;-1;;;;;2*+2/p-1. The molecule has 0 fully saturated rings. The normalized spacial score (nSPS) is 12.5. The van der Waals surface area contributed by atoms with Gasteiger partial charge in [0, 0.05) is 80.3 Å². The van der Waals surface area contributed by atoms with Gasteiger partial charge in [-0.05, 0) is 213 Å². The number of ketones is 2. The SMILES string of the molecule is CC(C)c1cccc(C(C)C)c1N1C=CN(c2c(C(C)C)cccc2C(C)C)[CH-]1.CC(C)c1cccc(C(C)C)c1N1C=CN(c2c(C(C)C)cccc2C(C)C)[CH-]1.O=C1C(=O)c2ccccc2-c2ccccc21.O=Cc1ccccn1.[Cl][Cu+].[Cu+2].[Cu].c1ccc(-c2nc3c4ccccc4c4ccccc4c3[n-]2)nc1.c1ccc(-c2nc3c4ccccc4c4ccccc4c3[nH]2)nc1. The predicted molar refractivity (Wildman–Crippen MR) is 539 cm³/mol. The molecule has 18 heteroatoms. The molecular weight excluding hydrogens is 1800 g/mol. The molecule has 0 amide bonds. The van der Waals surface area contributed by atoms with Gasteiger partial charge in [-0.15, -0.1) is 13.3 Å². The number of aldehydes is 1. The number of halogens is 1. The van der Waals surface area contributed by atoms with Crippen LogP contribution in [-0.2, 0) is 49.2 Å². The van der Waals surface area contributed by atoms with Crippen LogP contribution in [-0.4, -0.2) is 47.8 Å². The molecule has 3 aliphatic rings. The van der Waals surface area contributed by atoms with Crippen LogP contribution in [0.3, 0.4) is 0 Å². The fourth-order valence-corrected chi connectivity index (χ4v) is 17.4. The molecule has 12 aromatic carbocycles. The molecule has 14 nitrogen and oxygen atoms in total. The first-order chi connectivity index (χ1) is 63.0. The van der Waals surface area contributed by atoms with Crippen LogP contribution in [0.25, 0.3) is 99.3 Å². The summed E-state index contributed by atoms with van der Waals surface area (Å²) in [5.74, 6) is 4.52. The molecule has 17 aromatic rings. The van der Waals surface area contributed by atoms with E-state index in [1.165, 1.54) is 99.6 Å². The van der Waals surface area contributed by atoms with Crippen LogP contribution in [0.2, 0.25) is 0 Å². The van der Waals surface area contributed by atoms with Gasteiger partial charge in [0.1, 0.15) is 11.4 Å². The van der Waals surface area contributed by atoms with Gasteiger partial charge in [0.15, 0.2) is 12.1 Å². The van der Waals surface area contributed by atoms with Gasteiger partial charge in [-0.2, -0.15) is 0 Å². The molecule has 5 aromatic heterocycles. The monoisotopic (exact) mass is 1910 g/mol. The summed E-state index contributed by atoms with van der Waals surface area (Å²) in [6.45, 7) is 41.1. The number of pyridine rings is 3. The van der Waals surface area contributed by atoms with Crippen molar-refractivity contribution in [2.75, 3.05) is 19.6 Å². The van der Waals surface area contributed by atoms with Gasteiger partial charge in [0.2, 0.25) is 11.6 Å². The summed E-state index contributed by atoms with van der Waals surface area (Å²) in [7, 11) is 4.20. The van der Waals surface area contributed by atoms with Crippen molar-refractivity contribution in [3.8, 4) is 34.2 Å². The minimum absolute atomic E-state index is 0. The third-order valence-corrected chi connectivity index (χ3v) is 23.8. The molecule has 20 rings (SSSR count). The maximum absolute atomic E-state index is 11.8. The van der Waals surface area contributed by atoms with Crippen LogP contribution < -0.4 is 24.6 Å². The van der Waals surface area contributed by atoms with Crippen LogP contribution in [0.4, 0.5) is 22.7 Å². The summed E-state index contributed by atoms with van der Waals surface area (Å²) < 4.78 is 0. The largest absolute Gasteiger partial charge is 2.00 e. The fourth-order valence-electron chi connectivity index (χ4n) is 17.4. The number of carbonyl (C=O) groups excluding carboxylic acids is 3. The zero-order valence-electron chi connectivity index (χ0n) is 77.4. The molecule has 132 heavy (non-hydrogen) atoms. The summed E-state index contributed by atoms with van der Waals surface area (Å²) >= 11 is 3.66. The topological polar surface area (TPSA) is 159 Å². The van der Waals surface area contributed by atoms with Gasteiger partial charge < -0.3 is 34.6 Å². The van der Waals surface area contributed by atoms with Crippen molar-refractivity contribution in [3.63, 3.8) is 0 Å². The van der Waals surface area contributed by atoms with E-state index in [9.17, 15) is 14.4 Å². The smallest absolute Gasteiger partial charge is 0.434 e. The summed E-state index contributed by atoms with van der Waals surface area (Å²) in [5.41, 5.74) is 25.4. The number of aromatic nitrogens is 7. The molecule has 0 saturated heterocycles. The number of carbonyl (C=O) groups is 3. The minimum Gasteiger partial charge on any atom is -0.434 e. The van der Waals surface area contributed by atoms with Crippen LogP contribution >= 0.6 is 10.1 Å². The number of para-hydroxylation sites is 4. The van der Waals surface area contributed by atoms with E-state index in [4.69, 9.17) is 15.0 Å². The predicted octanol–water partition coefficient (Wildman–Crippen LogP) is 30.0. The van der Waals surface area contributed by atoms with E-state index in [0.29, 0.717) is 70.0 Å². The molecule has 1 N–H and O–H groups in total. The number of rotatable bonds is 15. The Balaban J connectivity index is 0.000000146. The molecule has 7 heterocycles. The van der Waals surface area contributed by atoms with Crippen LogP contribution in [0.15, 0.2) is 316 Å². The van der Waals surface area contributed by atoms with E-state index in [0.717, 1.165) is 67.5 Å². The number of fused-ring (bicyclic) bond motifs is 15. The Labute approximate surface area is 810 Å². The number of benzene rings is 12. The average Bonchev–Trinajstić information content (AvgIpc) is 1.71. The molecule has 0 bridgehead atoms. The van der Waals surface area contributed by atoms with Crippen molar-refractivity contribution in [2.24, 2.45) is 0 Å². The number of nitrogens with zero attached hydrogens (tertiary/aromatic N) is 10. The van der Waals surface area contributed by atoms with Gasteiger partial charge in [0.25, 0.3) is 0 Å². The van der Waals surface area contributed by atoms with Gasteiger partial charge in [-0.1, -0.05) is 347 Å². The van der Waals surface area contributed by atoms with Crippen LogP contribution in [0, 0.1) is 13.3 Å². The summed E-state index contributed by atoms with van der Waals surface area (Å²) in [6.07, 6.45) is 14.7. The van der Waals surface area contributed by atoms with Crippen molar-refractivity contribution in [1.29, 1.82) is 0 Å². The van der Waals surface area contributed by atoms with E-state index in [1.807, 2.05) is 72.8 Å². The average molecular weight is 1910 g/mol. The second kappa shape index (κ2) is 45.2. The molecular formula is C114H112ClCu3N11O3. The number of hydrogen-bond donors (Lipinski definition) is 1. The van der Waals surface area contributed by atoms with Gasteiger partial charge >= 0.3 is 42.3 Å². The van der Waals surface area contributed by atoms with Crippen molar-refractivity contribution < 1.29 is 63.6 Å². The Morgan fingerprint density at radius 3 is 0.939 bits per heavy atom. The maximum atomic E-state index is 11.8. The summed E-state index contributed by atoms with van der Waals surface area (Å²) in [5, 5.41) is 9.52. The van der Waals surface area contributed by atoms with Crippen molar-refractivity contribution in [1.82, 2.24) is 34.9 Å². The minimum atomic E-state index is -0.408. The van der Waals surface area contributed by atoms with Crippen molar-refractivity contribution >= 4 is 116 Å². The van der Waals surface area contributed by atoms with Crippen molar-refractivity contribution in [3.05, 3.63) is 391 Å². The van der Waals surface area contributed by atoms with Gasteiger partial charge in [0.05, 0.1) is 16.7 Å². The van der Waals surface area contributed by atoms with Crippen LogP contribution in [0.1, 0.15) is 234 Å². The second-order valence-electron chi connectivity index (χ2n) is 35.1. The van der Waals surface area contributed by atoms with Gasteiger partial charge in [-0.25, -0.2) is 4.98 Å². The Bertz CT molecular complexity index is 6140. The van der Waals surface area contributed by atoms with E-state index in [2.05, 4.69) is 371 Å². The Morgan fingerprint density at radius 2 is 0.614 bits per heavy atom. The van der Waals surface area contributed by atoms with Gasteiger partial charge in [-0.3, -0.25) is 29.3 Å². The number of imidazole rings is 2. The number of Topliss-reactive ketones (excluding diaryl/α,β-unsaturated/α-hetero) is 2. The quantitative estimate of drug-likeness (QED) is 0.0340. The van der Waals surface area contributed by atoms with Crippen LogP contribution in [0.5, 0.6) is 0 Å². The summed E-state index contributed by atoms with van der Waals surface area (Å²) in [4.78, 5) is 73.3. The zero-order chi connectivity index (χ0) is 92.0. The molecule has 0 atom stereocenters. The van der Waals surface area contributed by atoms with Crippen molar-refractivity contribution in [2.45, 2.75) is 158 Å². The molecule has 0 saturated carbocycles. The number of hydrogen-bond acceptors (Lipinski definition) is 12. The molecule has 681 valence electrons. The zero-order valence-corrected chi connectivity index (χ0v) is 80.9. The second-order valence-corrected chi connectivity index (χ2v) is 35.1. The first kappa shape index (κ1) is 98.6. The van der Waals surface area contributed by atoms with E-state index < -0.39 is 11.6 Å². The number of anilines is 4. The first-order valence-electron chi connectivity index (χ1n) is 44.8. The summed E-state index contributed by atoms with van der Waals surface area (Å²) in [6, 6.07) is 92.0. The molecule has 2 radical (unpaired) electrons. The van der Waals surface area contributed by atoms with E-state index in [-0.39, 0.29) is 34.1 Å².